The molecule has 5 nitrogen and oxygen atoms in total. The SMILES string of the molecule is O=c1cc(O)ccn1-c1ccc(OC2CCCCO2)cc1. The molecular weight excluding hydrogens is 270 g/mol. The summed E-state index contributed by atoms with van der Waals surface area (Å²) in [6.45, 7) is 0.742. The van der Waals surface area contributed by atoms with Gasteiger partial charge in [0.05, 0.1) is 6.61 Å². The zero-order valence-corrected chi connectivity index (χ0v) is 11.6. The van der Waals surface area contributed by atoms with E-state index in [0.717, 1.165) is 37.3 Å². The lowest BCUT2D eigenvalue weighted by atomic mass is 10.2. The lowest BCUT2D eigenvalue weighted by Gasteiger charge is -2.23. The Kier molecular flexibility index (Phi) is 3.92. The van der Waals surface area contributed by atoms with Crippen molar-refractivity contribution in [2.24, 2.45) is 0 Å². The molecule has 1 fully saturated rings. The second-order valence-corrected chi connectivity index (χ2v) is 5.00. The molecule has 21 heavy (non-hydrogen) atoms. The number of ether oxygens (including phenoxy) is 2. The molecule has 1 aliphatic heterocycles. The first-order valence-electron chi connectivity index (χ1n) is 7.03. The van der Waals surface area contributed by atoms with Crippen LogP contribution in [-0.2, 0) is 4.74 Å². The third-order valence-electron chi connectivity index (χ3n) is 3.42. The van der Waals surface area contributed by atoms with Crippen molar-refractivity contribution in [1.82, 2.24) is 4.57 Å². The van der Waals surface area contributed by atoms with Crippen molar-refractivity contribution in [2.45, 2.75) is 25.6 Å². The van der Waals surface area contributed by atoms with Gasteiger partial charge in [0.2, 0.25) is 0 Å². The third kappa shape index (κ3) is 3.25. The van der Waals surface area contributed by atoms with Gasteiger partial charge in [-0.1, -0.05) is 0 Å². The number of rotatable bonds is 3. The standard InChI is InChI=1S/C16H17NO4/c18-13-8-9-17(15(19)11-13)12-4-6-14(7-5-12)21-16-3-1-2-10-20-16/h4-9,11,16,18H,1-3,10H2. The Hall–Kier alpha value is -2.27. The summed E-state index contributed by atoms with van der Waals surface area (Å²) in [4.78, 5) is 11.8. The van der Waals surface area contributed by atoms with Gasteiger partial charge in [-0.25, -0.2) is 0 Å². The highest BCUT2D eigenvalue weighted by Gasteiger charge is 2.15. The molecule has 1 aromatic heterocycles. The van der Waals surface area contributed by atoms with Crippen LogP contribution in [0.4, 0.5) is 0 Å². The van der Waals surface area contributed by atoms with E-state index in [1.807, 2.05) is 12.1 Å². The molecule has 0 bridgehead atoms. The van der Waals surface area contributed by atoms with Gasteiger partial charge in [0.1, 0.15) is 11.5 Å². The molecule has 0 saturated carbocycles. The van der Waals surface area contributed by atoms with Gasteiger partial charge < -0.3 is 14.6 Å². The smallest absolute Gasteiger partial charge is 0.258 e. The van der Waals surface area contributed by atoms with Gasteiger partial charge in [-0.15, -0.1) is 0 Å². The normalized spacial score (nSPS) is 18.4. The van der Waals surface area contributed by atoms with Crippen LogP contribution in [0.5, 0.6) is 11.5 Å². The first-order valence-corrected chi connectivity index (χ1v) is 7.03. The highest BCUT2D eigenvalue weighted by molar-refractivity contribution is 5.38. The summed E-state index contributed by atoms with van der Waals surface area (Å²) < 4.78 is 12.7. The number of hydrogen-bond donors (Lipinski definition) is 1. The third-order valence-corrected chi connectivity index (χ3v) is 3.42. The first-order chi connectivity index (χ1) is 10.2. The lowest BCUT2D eigenvalue weighted by Crippen LogP contribution is -2.25. The molecular formula is C16H17NO4. The van der Waals surface area contributed by atoms with Gasteiger partial charge in [-0.3, -0.25) is 9.36 Å². The van der Waals surface area contributed by atoms with E-state index in [-0.39, 0.29) is 17.6 Å². The highest BCUT2D eigenvalue weighted by Crippen LogP contribution is 2.20. The molecule has 2 heterocycles. The molecule has 0 spiro atoms. The monoisotopic (exact) mass is 287 g/mol. The molecule has 1 aromatic carbocycles. The minimum absolute atomic E-state index is 0.0364. The molecule has 0 radical (unpaired) electrons. The summed E-state index contributed by atoms with van der Waals surface area (Å²) in [5.74, 6) is 0.683. The van der Waals surface area contributed by atoms with Crippen LogP contribution in [0.2, 0.25) is 0 Å². The number of aromatic hydroxyl groups is 1. The summed E-state index contributed by atoms with van der Waals surface area (Å²) in [6.07, 6.45) is 4.46. The Bertz CT molecular complexity index is 657. The Labute approximate surface area is 122 Å². The fraction of sp³-hybridized carbons (Fsp3) is 0.312. The van der Waals surface area contributed by atoms with Gasteiger partial charge in [0.25, 0.3) is 5.56 Å². The number of nitrogens with zero attached hydrogens (tertiary/aromatic N) is 1. The van der Waals surface area contributed by atoms with E-state index >= 15 is 0 Å². The summed E-state index contributed by atoms with van der Waals surface area (Å²) in [5.41, 5.74) is 0.441. The predicted octanol–water partition coefficient (Wildman–Crippen LogP) is 2.45. The Morgan fingerprint density at radius 2 is 2.00 bits per heavy atom. The van der Waals surface area contributed by atoms with Crippen molar-refractivity contribution in [3.05, 3.63) is 52.9 Å². The van der Waals surface area contributed by atoms with E-state index in [9.17, 15) is 9.90 Å². The van der Waals surface area contributed by atoms with Crippen molar-refractivity contribution in [2.75, 3.05) is 6.61 Å². The number of pyridine rings is 1. The van der Waals surface area contributed by atoms with Crippen LogP contribution in [0.3, 0.4) is 0 Å². The maximum Gasteiger partial charge on any atom is 0.258 e. The summed E-state index contributed by atoms with van der Waals surface area (Å²) >= 11 is 0. The molecule has 110 valence electrons. The fourth-order valence-corrected chi connectivity index (χ4v) is 2.32. The summed E-state index contributed by atoms with van der Waals surface area (Å²) in [7, 11) is 0. The second kappa shape index (κ2) is 6.01. The van der Waals surface area contributed by atoms with Crippen LogP contribution in [-0.4, -0.2) is 22.6 Å². The maximum atomic E-state index is 11.8. The van der Waals surface area contributed by atoms with E-state index in [0.29, 0.717) is 0 Å². The number of aromatic nitrogens is 1. The van der Waals surface area contributed by atoms with Crippen LogP contribution in [0, 0.1) is 0 Å². The van der Waals surface area contributed by atoms with Crippen LogP contribution in [0.1, 0.15) is 19.3 Å². The zero-order chi connectivity index (χ0) is 14.7. The van der Waals surface area contributed by atoms with Crippen LogP contribution >= 0.6 is 0 Å². The van der Waals surface area contributed by atoms with Gasteiger partial charge in [0, 0.05) is 24.4 Å². The van der Waals surface area contributed by atoms with Gasteiger partial charge in [-0.2, -0.15) is 0 Å². The average molecular weight is 287 g/mol. The molecule has 3 rings (SSSR count). The quantitative estimate of drug-likeness (QED) is 0.942. The van der Waals surface area contributed by atoms with Gasteiger partial charge >= 0.3 is 0 Å². The van der Waals surface area contributed by atoms with E-state index in [1.54, 1.807) is 12.1 Å². The molecule has 5 heteroatoms. The molecule has 1 aliphatic rings. The van der Waals surface area contributed by atoms with Crippen molar-refractivity contribution < 1.29 is 14.6 Å². The highest BCUT2D eigenvalue weighted by atomic mass is 16.7. The van der Waals surface area contributed by atoms with Crippen molar-refractivity contribution in [3.8, 4) is 17.2 Å². The summed E-state index contributed by atoms with van der Waals surface area (Å²) in [6, 6.07) is 9.88. The van der Waals surface area contributed by atoms with Crippen LogP contribution in [0.25, 0.3) is 5.69 Å². The minimum Gasteiger partial charge on any atom is -0.508 e. The van der Waals surface area contributed by atoms with Gasteiger partial charge in [-0.05, 0) is 43.2 Å². The molecule has 2 aromatic rings. The van der Waals surface area contributed by atoms with Crippen LogP contribution in [0.15, 0.2) is 47.4 Å². The fourth-order valence-electron chi connectivity index (χ4n) is 2.32. The average Bonchev–Trinajstić information content (AvgIpc) is 2.49. The lowest BCUT2D eigenvalue weighted by molar-refractivity contribution is -0.105. The first kappa shape index (κ1) is 13.7. The van der Waals surface area contributed by atoms with Crippen molar-refractivity contribution >= 4 is 0 Å². The van der Waals surface area contributed by atoms with Crippen molar-refractivity contribution in [3.63, 3.8) is 0 Å². The van der Waals surface area contributed by atoms with Crippen LogP contribution < -0.4 is 10.3 Å². The molecule has 1 saturated heterocycles. The Balaban J connectivity index is 1.75. The molecule has 0 amide bonds. The zero-order valence-electron chi connectivity index (χ0n) is 11.6. The molecule has 0 aliphatic carbocycles. The Morgan fingerprint density at radius 1 is 1.19 bits per heavy atom. The number of hydrogen-bond acceptors (Lipinski definition) is 4. The predicted molar refractivity (Wildman–Crippen MR) is 77.9 cm³/mol. The molecule has 1 N–H and O–H groups in total. The minimum atomic E-state index is -0.278. The van der Waals surface area contributed by atoms with Crippen molar-refractivity contribution in [1.29, 1.82) is 0 Å². The largest absolute Gasteiger partial charge is 0.508 e. The summed E-state index contributed by atoms with van der Waals surface area (Å²) in [5, 5.41) is 9.26. The number of benzene rings is 1. The molecule has 1 atom stereocenters. The van der Waals surface area contributed by atoms with E-state index in [2.05, 4.69) is 0 Å². The van der Waals surface area contributed by atoms with E-state index < -0.39 is 0 Å². The maximum absolute atomic E-state index is 11.8. The molecule has 1 unspecified atom stereocenters. The topological polar surface area (TPSA) is 60.7 Å². The van der Waals surface area contributed by atoms with E-state index in [4.69, 9.17) is 9.47 Å². The van der Waals surface area contributed by atoms with Gasteiger partial charge in [0.15, 0.2) is 6.29 Å². The van der Waals surface area contributed by atoms with E-state index in [1.165, 1.54) is 22.9 Å². The second-order valence-electron chi connectivity index (χ2n) is 5.00. The Morgan fingerprint density at radius 3 is 2.67 bits per heavy atom.